The van der Waals surface area contributed by atoms with E-state index in [1.165, 1.54) is 11.8 Å². The lowest BCUT2D eigenvalue weighted by Gasteiger charge is -2.17. The average Bonchev–Trinajstić information content (AvgIpc) is 2.55. The number of aliphatic hydroxyl groups excluding tert-OH is 1. The van der Waals surface area contributed by atoms with E-state index < -0.39 is 15.9 Å². The summed E-state index contributed by atoms with van der Waals surface area (Å²) in [5.41, 5.74) is 0. The van der Waals surface area contributed by atoms with E-state index >= 15 is 0 Å². The van der Waals surface area contributed by atoms with Crippen LogP contribution in [0.2, 0.25) is 0 Å². The van der Waals surface area contributed by atoms with Crippen molar-refractivity contribution in [3.8, 4) is 0 Å². The molecular weight excluding hydrogens is 224 g/mol. The van der Waals surface area contributed by atoms with Crippen molar-refractivity contribution in [1.29, 1.82) is 0 Å². The Hall–Kier alpha value is -0.0700. The number of hydrogen-bond donors (Lipinski definition) is 1. The molecule has 0 aromatic carbocycles. The normalized spacial score (nSPS) is 41.8. The molecule has 2 aliphatic heterocycles. The van der Waals surface area contributed by atoms with Gasteiger partial charge in [-0.25, -0.2) is 8.42 Å². The molecule has 0 aromatic heterocycles. The molecule has 0 saturated carbocycles. The van der Waals surface area contributed by atoms with Crippen LogP contribution in [0, 0.1) is 11.8 Å². The molecule has 0 bridgehead atoms. The lowest BCUT2D eigenvalue weighted by atomic mass is 9.89. The van der Waals surface area contributed by atoms with Crippen LogP contribution in [-0.2, 0) is 14.6 Å². The first-order chi connectivity index (χ1) is 6.49. The topological polar surface area (TPSA) is 71.4 Å². The van der Waals surface area contributed by atoms with Crippen molar-refractivity contribution in [3.05, 3.63) is 0 Å². The fraction of sp³-hybridized carbons (Fsp3) is 0.875. The van der Waals surface area contributed by atoms with Gasteiger partial charge in [-0.15, -0.1) is 0 Å². The van der Waals surface area contributed by atoms with Crippen LogP contribution in [0.3, 0.4) is 0 Å². The number of hydrogen-bond acceptors (Lipinski definition) is 5. The van der Waals surface area contributed by atoms with Crippen LogP contribution in [0.1, 0.15) is 0 Å². The van der Waals surface area contributed by atoms with Crippen LogP contribution in [0.5, 0.6) is 0 Å². The van der Waals surface area contributed by atoms with Crippen LogP contribution in [-0.4, -0.2) is 48.4 Å². The smallest absolute Gasteiger partial charge is 0.153 e. The zero-order chi connectivity index (χ0) is 10.3. The van der Waals surface area contributed by atoms with Gasteiger partial charge in [-0.1, -0.05) is 0 Å². The first kappa shape index (κ1) is 10.4. The van der Waals surface area contributed by atoms with Gasteiger partial charge in [0.2, 0.25) is 0 Å². The van der Waals surface area contributed by atoms with Crippen LogP contribution in [0.15, 0.2) is 0 Å². The van der Waals surface area contributed by atoms with Crippen molar-refractivity contribution in [2.75, 3.05) is 23.0 Å². The monoisotopic (exact) mass is 236 g/mol. The summed E-state index contributed by atoms with van der Waals surface area (Å²) in [5, 5.41) is 9.56. The molecule has 0 aromatic rings. The van der Waals surface area contributed by atoms with Crippen molar-refractivity contribution >= 4 is 27.4 Å². The highest BCUT2D eigenvalue weighted by atomic mass is 32.2. The Morgan fingerprint density at radius 2 is 2.07 bits per heavy atom. The Kier molecular flexibility index (Phi) is 2.61. The van der Waals surface area contributed by atoms with Gasteiger partial charge in [-0.3, -0.25) is 4.79 Å². The second-order valence-electron chi connectivity index (χ2n) is 3.90. The number of carbonyl (C=O) groups excluding carboxylic acids is 1. The molecule has 2 fully saturated rings. The molecule has 0 aliphatic carbocycles. The van der Waals surface area contributed by atoms with Gasteiger partial charge < -0.3 is 5.11 Å². The van der Waals surface area contributed by atoms with E-state index in [9.17, 15) is 18.3 Å². The van der Waals surface area contributed by atoms with E-state index in [1.54, 1.807) is 0 Å². The van der Waals surface area contributed by atoms with Gasteiger partial charge in [0.15, 0.2) is 9.84 Å². The van der Waals surface area contributed by atoms with Crippen molar-refractivity contribution in [1.82, 2.24) is 0 Å². The Labute approximate surface area is 87.0 Å². The molecule has 3 unspecified atom stereocenters. The van der Waals surface area contributed by atoms with Gasteiger partial charge in [0.25, 0.3) is 0 Å². The molecule has 1 N–H and O–H groups in total. The molecule has 2 heterocycles. The van der Waals surface area contributed by atoms with Gasteiger partial charge >= 0.3 is 0 Å². The maximum absolute atomic E-state index is 11.4. The first-order valence-electron chi connectivity index (χ1n) is 4.48. The lowest BCUT2D eigenvalue weighted by Crippen LogP contribution is -2.30. The van der Waals surface area contributed by atoms with Gasteiger partial charge in [-0.2, -0.15) is 11.8 Å². The van der Waals surface area contributed by atoms with E-state index in [0.29, 0.717) is 11.5 Å². The average molecular weight is 236 g/mol. The summed E-state index contributed by atoms with van der Waals surface area (Å²) in [6.07, 6.45) is -0.840. The number of carbonyl (C=O) groups is 1. The summed E-state index contributed by atoms with van der Waals surface area (Å²) in [7, 11) is -3.12. The predicted octanol–water partition coefficient (Wildman–Crippen LogP) is -0.676. The highest BCUT2D eigenvalue weighted by Gasteiger charge is 2.44. The van der Waals surface area contributed by atoms with E-state index in [-0.39, 0.29) is 29.1 Å². The molecule has 2 saturated heterocycles. The molecule has 14 heavy (non-hydrogen) atoms. The highest BCUT2D eigenvalue weighted by molar-refractivity contribution is 8.00. The number of rotatable bonds is 1. The molecular formula is C8H12O4S2. The summed E-state index contributed by atoms with van der Waals surface area (Å²) in [4.78, 5) is 11.4. The quantitative estimate of drug-likeness (QED) is 0.653. The second kappa shape index (κ2) is 3.50. The van der Waals surface area contributed by atoms with Crippen molar-refractivity contribution in [2.45, 2.75) is 6.10 Å². The minimum absolute atomic E-state index is 0.0227. The minimum atomic E-state index is -3.12. The highest BCUT2D eigenvalue weighted by Crippen LogP contribution is 2.33. The Balaban J connectivity index is 2.16. The lowest BCUT2D eigenvalue weighted by molar-refractivity contribution is -0.121. The van der Waals surface area contributed by atoms with Gasteiger partial charge in [0, 0.05) is 17.6 Å². The number of thioether (sulfide) groups is 1. The summed E-state index contributed by atoms with van der Waals surface area (Å²) in [6.45, 7) is 0. The number of aliphatic hydroxyl groups is 1. The molecule has 0 radical (unpaired) electrons. The van der Waals surface area contributed by atoms with Crippen LogP contribution >= 0.6 is 11.8 Å². The van der Waals surface area contributed by atoms with E-state index in [1.807, 2.05) is 0 Å². The second-order valence-corrected chi connectivity index (χ2v) is 7.08. The SMILES string of the molecule is O=C1CSCC1C1CS(=O)(=O)CC1O. The van der Waals surface area contributed by atoms with Gasteiger partial charge in [0.05, 0.1) is 23.4 Å². The van der Waals surface area contributed by atoms with Gasteiger partial charge in [-0.05, 0) is 0 Å². The molecule has 2 rings (SSSR count). The third-order valence-electron chi connectivity index (χ3n) is 2.84. The van der Waals surface area contributed by atoms with Crippen molar-refractivity contribution < 1.29 is 18.3 Å². The van der Waals surface area contributed by atoms with Crippen LogP contribution < -0.4 is 0 Å². The van der Waals surface area contributed by atoms with E-state index in [0.717, 1.165) is 0 Å². The third kappa shape index (κ3) is 1.83. The minimum Gasteiger partial charge on any atom is -0.392 e. The molecule has 6 heteroatoms. The summed E-state index contributed by atoms with van der Waals surface area (Å²) in [5.74, 6) is 0.423. The fourth-order valence-electron chi connectivity index (χ4n) is 2.09. The maximum atomic E-state index is 11.4. The molecule has 4 nitrogen and oxygen atoms in total. The number of ketones is 1. The molecule has 2 aliphatic rings. The summed E-state index contributed by atoms with van der Waals surface area (Å²) < 4.78 is 22.5. The Morgan fingerprint density at radius 3 is 2.50 bits per heavy atom. The van der Waals surface area contributed by atoms with Crippen molar-refractivity contribution in [3.63, 3.8) is 0 Å². The van der Waals surface area contributed by atoms with Crippen molar-refractivity contribution in [2.24, 2.45) is 11.8 Å². The van der Waals surface area contributed by atoms with Crippen LogP contribution in [0.25, 0.3) is 0 Å². The Morgan fingerprint density at radius 1 is 1.36 bits per heavy atom. The molecule has 3 atom stereocenters. The van der Waals surface area contributed by atoms with E-state index in [4.69, 9.17) is 0 Å². The summed E-state index contributed by atoms with van der Waals surface area (Å²) >= 11 is 1.52. The largest absolute Gasteiger partial charge is 0.392 e. The Bertz CT molecular complexity index is 348. The fourth-order valence-corrected chi connectivity index (χ4v) is 5.25. The van der Waals surface area contributed by atoms with E-state index in [2.05, 4.69) is 0 Å². The van der Waals surface area contributed by atoms with Gasteiger partial charge in [0.1, 0.15) is 5.78 Å². The third-order valence-corrected chi connectivity index (χ3v) is 5.66. The molecule has 80 valence electrons. The first-order valence-corrected chi connectivity index (χ1v) is 7.46. The van der Waals surface area contributed by atoms with Crippen LogP contribution in [0.4, 0.5) is 0 Å². The number of sulfone groups is 1. The summed E-state index contributed by atoms with van der Waals surface area (Å²) in [6, 6.07) is 0. The predicted molar refractivity (Wildman–Crippen MR) is 54.0 cm³/mol. The maximum Gasteiger partial charge on any atom is 0.153 e. The zero-order valence-electron chi connectivity index (χ0n) is 7.55. The standard InChI is InChI=1S/C8H12O4S2/c9-7-2-13-1-5(7)6-3-14(11,12)4-8(6)10/h5-6,8,10H,1-4H2. The molecule has 0 amide bonds. The number of Topliss-reactive ketones (excluding diaryl/α,β-unsaturated/α-hetero) is 1. The molecule has 0 spiro atoms. The zero-order valence-corrected chi connectivity index (χ0v) is 9.18.